The molecule has 0 fully saturated rings. The molecular formula is C13H28N2O7S3. The van der Waals surface area contributed by atoms with E-state index in [2.05, 4.69) is 5.32 Å². The highest BCUT2D eigenvalue weighted by molar-refractivity contribution is 7.98. The lowest BCUT2D eigenvalue weighted by Crippen LogP contribution is -2.49. The van der Waals surface area contributed by atoms with Crippen molar-refractivity contribution < 1.29 is 31.8 Å². The molecular weight excluding hydrogens is 392 g/mol. The fourth-order valence-electron chi connectivity index (χ4n) is 1.45. The van der Waals surface area contributed by atoms with E-state index in [-0.39, 0.29) is 18.0 Å². The second-order valence-corrected chi connectivity index (χ2v) is 8.03. The molecule has 0 aliphatic rings. The Bertz CT molecular complexity index is 478. The summed E-state index contributed by atoms with van der Waals surface area (Å²) < 4.78 is 36.7. The Balaban J connectivity index is 0. The fraction of sp³-hybridized carbons (Fsp3) is 0.846. The first-order valence-electron chi connectivity index (χ1n) is 7.36. The van der Waals surface area contributed by atoms with Crippen LogP contribution in [0, 0.1) is 0 Å². The molecule has 0 aromatic rings. The fourth-order valence-corrected chi connectivity index (χ4v) is 2.41. The van der Waals surface area contributed by atoms with Crippen LogP contribution in [0.5, 0.6) is 0 Å². The molecule has 5 N–H and O–H groups in total. The van der Waals surface area contributed by atoms with Gasteiger partial charge in [0.25, 0.3) is 0 Å². The van der Waals surface area contributed by atoms with Crippen LogP contribution in [0.2, 0.25) is 0 Å². The Morgan fingerprint density at radius 1 is 1.12 bits per heavy atom. The van der Waals surface area contributed by atoms with Gasteiger partial charge in [0, 0.05) is 0 Å². The minimum atomic E-state index is -4.67. The van der Waals surface area contributed by atoms with Crippen LogP contribution in [0.4, 0.5) is 0 Å². The van der Waals surface area contributed by atoms with Crippen LogP contribution >= 0.6 is 23.5 Å². The van der Waals surface area contributed by atoms with Crippen molar-refractivity contribution in [2.45, 2.75) is 44.9 Å². The number of ether oxygens (including phenoxy) is 1. The van der Waals surface area contributed by atoms with Crippen molar-refractivity contribution in [1.29, 1.82) is 0 Å². The first-order valence-corrected chi connectivity index (χ1v) is 11.5. The van der Waals surface area contributed by atoms with Gasteiger partial charge in [0.05, 0.1) is 12.1 Å². The third-order valence-corrected chi connectivity index (χ3v) is 3.82. The van der Waals surface area contributed by atoms with Crippen LogP contribution in [0.25, 0.3) is 0 Å². The summed E-state index contributed by atoms with van der Waals surface area (Å²) in [6.07, 6.45) is 4.87. The molecule has 0 aromatic heterocycles. The molecule has 0 aromatic carbocycles. The molecule has 9 nitrogen and oxygen atoms in total. The van der Waals surface area contributed by atoms with E-state index in [0.29, 0.717) is 12.8 Å². The first kappa shape index (κ1) is 26.7. The van der Waals surface area contributed by atoms with Crippen LogP contribution in [0.1, 0.15) is 26.7 Å². The van der Waals surface area contributed by atoms with E-state index in [4.69, 9.17) is 28.0 Å². The predicted octanol–water partition coefficient (Wildman–Crippen LogP) is 0.604. The molecule has 12 heteroatoms. The normalized spacial score (nSPS) is 13.4. The zero-order chi connectivity index (χ0) is 20.0. The van der Waals surface area contributed by atoms with Gasteiger partial charge in [-0.05, 0) is 50.7 Å². The number of thioether (sulfide) groups is 2. The van der Waals surface area contributed by atoms with Gasteiger partial charge in [0.1, 0.15) is 6.04 Å². The van der Waals surface area contributed by atoms with Crippen LogP contribution in [-0.2, 0) is 24.7 Å². The van der Waals surface area contributed by atoms with Gasteiger partial charge in [-0.15, -0.1) is 0 Å². The Hall–Kier alpha value is -0.530. The van der Waals surface area contributed by atoms with Crippen LogP contribution in [0.15, 0.2) is 0 Å². The number of hydrogen-bond acceptors (Lipinski definition) is 8. The number of esters is 1. The maximum atomic E-state index is 12.0. The van der Waals surface area contributed by atoms with Gasteiger partial charge in [-0.1, -0.05) is 0 Å². The summed E-state index contributed by atoms with van der Waals surface area (Å²) in [5.74, 6) is 0.920. The zero-order valence-electron chi connectivity index (χ0n) is 14.8. The van der Waals surface area contributed by atoms with Gasteiger partial charge >= 0.3 is 16.4 Å². The van der Waals surface area contributed by atoms with E-state index in [9.17, 15) is 9.59 Å². The third-order valence-electron chi connectivity index (χ3n) is 2.53. The molecule has 0 saturated carbocycles. The summed E-state index contributed by atoms with van der Waals surface area (Å²) in [6, 6.07) is -1.19. The Morgan fingerprint density at radius 3 is 1.96 bits per heavy atom. The Labute approximate surface area is 157 Å². The van der Waals surface area contributed by atoms with E-state index in [1.807, 2.05) is 12.5 Å². The summed E-state index contributed by atoms with van der Waals surface area (Å²) in [5.41, 5.74) is 5.80. The quantitative estimate of drug-likeness (QED) is 0.291. The SMILES string of the molecule is CSCCC(N)C(=O)NC(CCSC)C(=O)OC(C)C.O=S(=O)(O)O. The van der Waals surface area contributed by atoms with Crippen molar-refractivity contribution in [2.75, 3.05) is 24.0 Å². The molecule has 2 atom stereocenters. The van der Waals surface area contributed by atoms with Gasteiger partial charge in [-0.25, -0.2) is 4.79 Å². The monoisotopic (exact) mass is 420 g/mol. The summed E-state index contributed by atoms with van der Waals surface area (Å²) in [6.45, 7) is 3.57. The maximum absolute atomic E-state index is 12.0. The number of rotatable bonds is 10. The van der Waals surface area contributed by atoms with Crippen LogP contribution < -0.4 is 11.1 Å². The molecule has 2 unspecified atom stereocenters. The second kappa shape index (κ2) is 14.6. The minimum Gasteiger partial charge on any atom is -0.461 e. The highest BCUT2D eigenvalue weighted by Gasteiger charge is 2.25. The van der Waals surface area contributed by atoms with Gasteiger partial charge < -0.3 is 15.8 Å². The van der Waals surface area contributed by atoms with Crippen molar-refractivity contribution in [3.8, 4) is 0 Å². The van der Waals surface area contributed by atoms with E-state index in [1.165, 1.54) is 0 Å². The maximum Gasteiger partial charge on any atom is 0.394 e. The predicted molar refractivity (Wildman–Crippen MR) is 101 cm³/mol. The van der Waals surface area contributed by atoms with E-state index < -0.39 is 22.5 Å². The third kappa shape index (κ3) is 19.6. The molecule has 0 bridgehead atoms. The summed E-state index contributed by atoms with van der Waals surface area (Å²) in [5, 5.41) is 2.70. The van der Waals surface area contributed by atoms with Gasteiger partial charge in [-0.3, -0.25) is 13.9 Å². The molecule has 0 radical (unpaired) electrons. The Kier molecular flexibility index (Phi) is 15.6. The lowest BCUT2D eigenvalue weighted by atomic mass is 10.1. The lowest BCUT2D eigenvalue weighted by Gasteiger charge is -2.20. The van der Waals surface area contributed by atoms with E-state index in [1.54, 1.807) is 37.4 Å². The molecule has 25 heavy (non-hydrogen) atoms. The van der Waals surface area contributed by atoms with Gasteiger partial charge in [0.2, 0.25) is 5.91 Å². The lowest BCUT2D eigenvalue weighted by molar-refractivity contribution is -0.151. The highest BCUT2D eigenvalue weighted by Crippen LogP contribution is 2.06. The number of nitrogens with two attached hydrogens (primary N) is 1. The smallest absolute Gasteiger partial charge is 0.394 e. The molecule has 1 amide bonds. The molecule has 0 spiro atoms. The number of carbonyl (C=O) groups is 2. The van der Waals surface area contributed by atoms with E-state index in [0.717, 1.165) is 11.5 Å². The number of nitrogens with one attached hydrogen (secondary N) is 1. The largest absolute Gasteiger partial charge is 0.461 e. The first-order chi connectivity index (χ1) is 11.4. The molecule has 150 valence electrons. The topological polar surface area (TPSA) is 156 Å². The van der Waals surface area contributed by atoms with Crippen LogP contribution in [-0.4, -0.2) is 71.6 Å². The average Bonchev–Trinajstić information content (AvgIpc) is 2.46. The van der Waals surface area contributed by atoms with Crippen LogP contribution in [0.3, 0.4) is 0 Å². The van der Waals surface area contributed by atoms with Gasteiger partial charge in [0.15, 0.2) is 0 Å². The molecule has 0 saturated heterocycles. The number of carbonyl (C=O) groups excluding carboxylic acids is 2. The molecule has 0 heterocycles. The average molecular weight is 421 g/mol. The number of hydrogen-bond donors (Lipinski definition) is 4. The van der Waals surface area contributed by atoms with Crippen molar-refractivity contribution in [2.24, 2.45) is 5.73 Å². The van der Waals surface area contributed by atoms with E-state index >= 15 is 0 Å². The zero-order valence-corrected chi connectivity index (χ0v) is 17.2. The molecule has 0 rings (SSSR count). The number of amides is 1. The molecule has 0 aliphatic carbocycles. The Morgan fingerprint density at radius 2 is 1.56 bits per heavy atom. The summed E-state index contributed by atoms with van der Waals surface area (Å²) in [4.78, 5) is 23.9. The van der Waals surface area contributed by atoms with Crippen molar-refractivity contribution in [3.05, 3.63) is 0 Å². The second-order valence-electron chi connectivity index (χ2n) is 5.16. The highest BCUT2D eigenvalue weighted by atomic mass is 32.3. The van der Waals surface area contributed by atoms with Crippen molar-refractivity contribution in [3.63, 3.8) is 0 Å². The van der Waals surface area contributed by atoms with Gasteiger partial charge in [-0.2, -0.15) is 31.9 Å². The standard InChI is InChI=1S/C13H26N2O3S2.H2O4S/c1-9(2)18-13(17)11(6-8-20-4)15-12(16)10(14)5-7-19-3;1-5(2,3)4/h9-11H,5-8,14H2,1-4H3,(H,15,16);(H2,1,2,3,4). The summed E-state index contributed by atoms with van der Waals surface area (Å²) >= 11 is 3.26. The van der Waals surface area contributed by atoms with Crippen molar-refractivity contribution >= 4 is 45.8 Å². The van der Waals surface area contributed by atoms with Crippen molar-refractivity contribution in [1.82, 2.24) is 5.32 Å². The summed E-state index contributed by atoms with van der Waals surface area (Å²) in [7, 11) is -4.67. The molecule has 0 aliphatic heterocycles. The minimum absolute atomic E-state index is 0.193.